The molecular weight excluding hydrogens is 264 g/mol. The second-order valence-corrected chi connectivity index (χ2v) is 5.72. The molecule has 0 atom stereocenters. The van der Waals surface area contributed by atoms with Crippen molar-refractivity contribution >= 4 is 5.91 Å². The zero-order chi connectivity index (χ0) is 15.3. The third kappa shape index (κ3) is 3.36. The van der Waals surface area contributed by atoms with E-state index in [9.17, 15) is 10.1 Å². The number of methoxy groups -OCH3 is 1. The fourth-order valence-corrected chi connectivity index (χ4v) is 2.95. The molecule has 0 aliphatic heterocycles. The van der Waals surface area contributed by atoms with Gasteiger partial charge in [-0.05, 0) is 37.8 Å². The van der Waals surface area contributed by atoms with Crippen molar-refractivity contribution in [2.24, 2.45) is 5.41 Å². The molecule has 0 spiro atoms. The molecule has 4 heteroatoms. The van der Waals surface area contributed by atoms with Crippen molar-refractivity contribution in [2.75, 3.05) is 13.7 Å². The van der Waals surface area contributed by atoms with E-state index in [1.54, 1.807) is 7.11 Å². The van der Waals surface area contributed by atoms with Gasteiger partial charge in [0.2, 0.25) is 5.91 Å². The highest BCUT2D eigenvalue weighted by Gasteiger charge is 2.41. The fraction of sp³-hybridized carbons (Fsp3) is 0.529. The summed E-state index contributed by atoms with van der Waals surface area (Å²) in [4.78, 5) is 12.2. The number of aryl methyl sites for hydroxylation is 1. The van der Waals surface area contributed by atoms with Crippen LogP contribution < -0.4 is 10.1 Å². The first-order chi connectivity index (χ1) is 10.1. The van der Waals surface area contributed by atoms with Gasteiger partial charge in [-0.15, -0.1) is 0 Å². The summed E-state index contributed by atoms with van der Waals surface area (Å²) in [5.74, 6) is 0.722. The Kier molecular flexibility index (Phi) is 4.85. The maximum atomic E-state index is 12.2. The van der Waals surface area contributed by atoms with Crippen molar-refractivity contribution in [1.82, 2.24) is 5.32 Å². The van der Waals surface area contributed by atoms with Gasteiger partial charge in [-0.3, -0.25) is 4.79 Å². The van der Waals surface area contributed by atoms with Gasteiger partial charge in [0.15, 0.2) is 0 Å². The lowest BCUT2D eigenvalue weighted by molar-refractivity contribution is -0.127. The maximum Gasteiger partial charge on any atom is 0.240 e. The Bertz CT molecular complexity index is 554. The average Bonchev–Trinajstić information content (AvgIpc) is 2.97. The Morgan fingerprint density at radius 2 is 2.14 bits per heavy atom. The van der Waals surface area contributed by atoms with Crippen LogP contribution >= 0.6 is 0 Å². The highest BCUT2D eigenvalue weighted by atomic mass is 16.5. The topological polar surface area (TPSA) is 62.1 Å². The summed E-state index contributed by atoms with van der Waals surface area (Å²) >= 11 is 0. The van der Waals surface area contributed by atoms with E-state index in [0.717, 1.165) is 24.2 Å². The molecule has 1 fully saturated rings. The van der Waals surface area contributed by atoms with Crippen molar-refractivity contribution in [3.8, 4) is 11.8 Å². The number of nitriles is 1. The predicted octanol–water partition coefficient (Wildman–Crippen LogP) is 2.75. The molecule has 0 aromatic heterocycles. The van der Waals surface area contributed by atoms with Gasteiger partial charge >= 0.3 is 0 Å². The monoisotopic (exact) mass is 286 g/mol. The lowest BCUT2D eigenvalue weighted by Gasteiger charge is -2.19. The van der Waals surface area contributed by atoms with Crippen LogP contribution in [0.1, 0.15) is 36.8 Å². The molecule has 0 bridgehead atoms. The highest BCUT2D eigenvalue weighted by molar-refractivity contribution is 5.85. The molecule has 0 radical (unpaired) electrons. The number of rotatable bonds is 5. The van der Waals surface area contributed by atoms with Gasteiger partial charge in [-0.25, -0.2) is 0 Å². The van der Waals surface area contributed by atoms with Crippen molar-refractivity contribution in [1.29, 1.82) is 5.26 Å². The van der Waals surface area contributed by atoms with Gasteiger partial charge in [0.1, 0.15) is 11.2 Å². The molecule has 112 valence electrons. The lowest BCUT2D eigenvalue weighted by atomic mass is 9.87. The van der Waals surface area contributed by atoms with Gasteiger partial charge in [-0.2, -0.15) is 5.26 Å². The summed E-state index contributed by atoms with van der Waals surface area (Å²) in [7, 11) is 1.65. The summed E-state index contributed by atoms with van der Waals surface area (Å²) < 4.78 is 5.33. The minimum absolute atomic E-state index is 0.117. The van der Waals surface area contributed by atoms with E-state index in [1.165, 1.54) is 5.56 Å². The molecule has 0 saturated heterocycles. The van der Waals surface area contributed by atoms with E-state index >= 15 is 0 Å². The first-order valence-corrected chi connectivity index (χ1v) is 7.44. The molecule has 0 heterocycles. The van der Waals surface area contributed by atoms with Crippen LogP contribution in [-0.2, 0) is 11.2 Å². The van der Waals surface area contributed by atoms with Crippen LogP contribution in [0.5, 0.6) is 5.75 Å². The zero-order valence-corrected chi connectivity index (χ0v) is 12.7. The van der Waals surface area contributed by atoms with Gasteiger partial charge in [0.25, 0.3) is 0 Å². The number of carbonyl (C=O) groups excluding carboxylic acids is 1. The molecule has 1 aromatic carbocycles. The first kappa shape index (κ1) is 15.4. The Morgan fingerprint density at radius 1 is 1.43 bits per heavy atom. The number of amides is 1. The minimum Gasteiger partial charge on any atom is -0.496 e. The standard InChI is InChI=1S/C17H22N2O2/c1-13-5-6-15(21-2)14(11-13)7-10-19-16(20)17(12-18)8-3-4-9-17/h5-6,11H,3-4,7-10H2,1-2H3,(H,19,20). The van der Waals surface area contributed by atoms with Crippen LogP contribution in [0.25, 0.3) is 0 Å². The summed E-state index contributed by atoms with van der Waals surface area (Å²) in [6.07, 6.45) is 4.00. The molecule has 1 aromatic rings. The van der Waals surface area contributed by atoms with Crippen LogP contribution in [0.15, 0.2) is 18.2 Å². The normalized spacial score (nSPS) is 16.2. The van der Waals surface area contributed by atoms with Gasteiger partial charge in [0, 0.05) is 6.54 Å². The summed E-state index contributed by atoms with van der Waals surface area (Å²) in [6, 6.07) is 8.24. The molecule has 21 heavy (non-hydrogen) atoms. The Balaban J connectivity index is 1.94. The van der Waals surface area contributed by atoms with E-state index in [4.69, 9.17) is 4.74 Å². The largest absolute Gasteiger partial charge is 0.496 e. The number of carbonyl (C=O) groups is 1. The van der Waals surface area contributed by atoms with Crippen molar-refractivity contribution in [3.63, 3.8) is 0 Å². The third-order valence-electron chi connectivity index (χ3n) is 4.22. The zero-order valence-electron chi connectivity index (χ0n) is 12.7. The molecule has 1 aliphatic carbocycles. The number of nitrogens with one attached hydrogen (secondary N) is 1. The fourth-order valence-electron chi connectivity index (χ4n) is 2.95. The second-order valence-electron chi connectivity index (χ2n) is 5.72. The Hall–Kier alpha value is -2.02. The number of hydrogen-bond donors (Lipinski definition) is 1. The predicted molar refractivity (Wildman–Crippen MR) is 81.0 cm³/mol. The van der Waals surface area contributed by atoms with E-state index in [0.29, 0.717) is 25.8 Å². The number of hydrogen-bond acceptors (Lipinski definition) is 3. The van der Waals surface area contributed by atoms with Crippen LogP contribution in [0, 0.1) is 23.7 Å². The molecule has 1 aliphatic rings. The lowest BCUT2D eigenvalue weighted by Crippen LogP contribution is -2.39. The third-order valence-corrected chi connectivity index (χ3v) is 4.22. The second kappa shape index (κ2) is 6.62. The number of ether oxygens (including phenoxy) is 1. The molecule has 4 nitrogen and oxygen atoms in total. The molecule has 0 unspecified atom stereocenters. The van der Waals surface area contributed by atoms with Gasteiger partial charge in [-0.1, -0.05) is 30.5 Å². The van der Waals surface area contributed by atoms with Crippen LogP contribution in [0.2, 0.25) is 0 Å². The van der Waals surface area contributed by atoms with Crippen LogP contribution in [0.3, 0.4) is 0 Å². The quantitative estimate of drug-likeness (QED) is 0.905. The Labute approximate surface area is 126 Å². The molecular formula is C17H22N2O2. The summed E-state index contributed by atoms with van der Waals surface area (Å²) in [5, 5.41) is 12.2. The molecule has 2 rings (SSSR count). The van der Waals surface area contributed by atoms with Crippen molar-refractivity contribution < 1.29 is 9.53 Å². The van der Waals surface area contributed by atoms with Crippen LogP contribution in [-0.4, -0.2) is 19.6 Å². The average molecular weight is 286 g/mol. The first-order valence-electron chi connectivity index (χ1n) is 7.44. The van der Waals surface area contributed by atoms with E-state index in [-0.39, 0.29) is 5.91 Å². The number of nitrogens with zero attached hydrogens (tertiary/aromatic N) is 1. The molecule has 1 saturated carbocycles. The van der Waals surface area contributed by atoms with Crippen molar-refractivity contribution in [2.45, 2.75) is 39.0 Å². The number of benzene rings is 1. The highest BCUT2D eigenvalue weighted by Crippen LogP contribution is 2.37. The van der Waals surface area contributed by atoms with E-state index in [1.807, 2.05) is 19.1 Å². The molecule has 1 amide bonds. The smallest absolute Gasteiger partial charge is 0.240 e. The van der Waals surface area contributed by atoms with Gasteiger partial charge < -0.3 is 10.1 Å². The SMILES string of the molecule is COc1ccc(C)cc1CCNC(=O)C1(C#N)CCCC1. The summed E-state index contributed by atoms with van der Waals surface area (Å²) in [6.45, 7) is 2.56. The van der Waals surface area contributed by atoms with E-state index < -0.39 is 5.41 Å². The maximum absolute atomic E-state index is 12.2. The summed E-state index contributed by atoms with van der Waals surface area (Å²) in [5.41, 5.74) is 1.45. The van der Waals surface area contributed by atoms with Crippen molar-refractivity contribution in [3.05, 3.63) is 29.3 Å². The minimum atomic E-state index is -0.795. The van der Waals surface area contributed by atoms with Crippen LogP contribution in [0.4, 0.5) is 0 Å². The Morgan fingerprint density at radius 3 is 2.76 bits per heavy atom. The molecule has 1 N–H and O–H groups in total. The van der Waals surface area contributed by atoms with E-state index in [2.05, 4.69) is 17.5 Å². The van der Waals surface area contributed by atoms with Gasteiger partial charge in [0.05, 0.1) is 13.2 Å².